The average molecular weight is 307 g/mol. The lowest BCUT2D eigenvalue weighted by Gasteiger charge is -2.15. The molecule has 0 spiro atoms. The van der Waals surface area contributed by atoms with Crippen LogP contribution in [0.5, 0.6) is 0 Å². The Bertz CT molecular complexity index is 520. The molecule has 1 rings (SSSR count). The Morgan fingerprint density at radius 2 is 2.10 bits per heavy atom. The van der Waals surface area contributed by atoms with Gasteiger partial charge >= 0.3 is 6.18 Å². The summed E-state index contributed by atoms with van der Waals surface area (Å²) in [4.78, 5) is 9.65. The molecule has 0 saturated heterocycles. The molecular weight excluding hydrogens is 295 g/mol. The number of alkyl halides is 3. The zero-order chi connectivity index (χ0) is 15.3. The molecule has 0 bridgehead atoms. The zero-order valence-corrected chi connectivity index (χ0v) is 11.3. The van der Waals surface area contributed by atoms with Crippen molar-refractivity contribution in [1.29, 1.82) is 0 Å². The summed E-state index contributed by atoms with van der Waals surface area (Å²) in [7, 11) is 0. The fourth-order valence-electron chi connectivity index (χ4n) is 1.39. The molecule has 0 amide bonds. The summed E-state index contributed by atoms with van der Waals surface area (Å²) in [6.07, 6.45) is -3.96. The quantitative estimate of drug-likeness (QED) is 0.507. The van der Waals surface area contributed by atoms with Crippen LogP contribution < -0.4 is 10.6 Å². The van der Waals surface area contributed by atoms with Gasteiger partial charge in [-0.05, 0) is 24.7 Å². The topological polar surface area (TPSA) is 67.2 Å². The molecule has 0 aliphatic heterocycles. The van der Waals surface area contributed by atoms with Gasteiger partial charge in [-0.25, -0.2) is 0 Å². The SMILES string of the molecule is CCCNC(=S)Nc1ccc([N+](=O)[O-])cc1C(F)(F)F. The Balaban J connectivity index is 3.06. The lowest BCUT2D eigenvalue weighted by atomic mass is 10.1. The van der Waals surface area contributed by atoms with Gasteiger partial charge in [-0.3, -0.25) is 10.1 Å². The van der Waals surface area contributed by atoms with E-state index in [0.29, 0.717) is 12.6 Å². The molecule has 0 unspecified atom stereocenters. The van der Waals surface area contributed by atoms with E-state index in [1.165, 1.54) is 0 Å². The van der Waals surface area contributed by atoms with Crippen LogP contribution in [-0.4, -0.2) is 16.6 Å². The molecule has 0 aromatic heterocycles. The maximum atomic E-state index is 12.9. The monoisotopic (exact) mass is 307 g/mol. The molecular formula is C11H12F3N3O2S. The second-order valence-corrected chi connectivity index (χ2v) is 4.27. The van der Waals surface area contributed by atoms with Crippen LogP contribution in [0.15, 0.2) is 18.2 Å². The summed E-state index contributed by atoms with van der Waals surface area (Å²) < 4.78 is 38.6. The van der Waals surface area contributed by atoms with Gasteiger partial charge in [0.1, 0.15) is 0 Å². The van der Waals surface area contributed by atoms with Crippen molar-refractivity contribution in [2.45, 2.75) is 19.5 Å². The van der Waals surface area contributed by atoms with Crippen molar-refractivity contribution in [3.05, 3.63) is 33.9 Å². The van der Waals surface area contributed by atoms with Gasteiger partial charge in [-0.2, -0.15) is 13.2 Å². The highest BCUT2D eigenvalue weighted by Gasteiger charge is 2.35. The van der Waals surface area contributed by atoms with E-state index >= 15 is 0 Å². The third kappa shape index (κ3) is 4.34. The predicted molar refractivity (Wildman–Crippen MR) is 72.6 cm³/mol. The lowest BCUT2D eigenvalue weighted by Crippen LogP contribution is -2.29. The van der Waals surface area contributed by atoms with Crippen molar-refractivity contribution in [3.63, 3.8) is 0 Å². The summed E-state index contributed by atoms with van der Waals surface area (Å²) in [6.45, 7) is 2.39. The number of thiocarbonyl (C=S) groups is 1. The van der Waals surface area contributed by atoms with Gasteiger partial charge in [-0.15, -0.1) is 0 Å². The fourth-order valence-corrected chi connectivity index (χ4v) is 1.61. The number of nitrogens with one attached hydrogen (secondary N) is 2. The summed E-state index contributed by atoms with van der Waals surface area (Å²) in [5.41, 5.74) is -2.08. The van der Waals surface area contributed by atoms with Gasteiger partial charge in [0, 0.05) is 18.7 Å². The highest BCUT2D eigenvalue weighted by atomic mass is 32.1. The molecule has 0 fully saturated rings. The van der Waals surface area contributed by atoms with E-state index in [0.717, 1.165) is 18.6 Å². The Labute approximate surface area is 118 Å². The third-order valence-electron chi connectivity index (χ3n) is 2.30. The number of non-ortho nitro benzene ring substituents is 1. The minimum Gasteiger partial charge on any atom is -0.362 e. The van der Waals surface area contributed by atoms with Gasteiger partial charge in [0.05, 0.1) is 16.2 Å². The molecule has 0 aliphatic carbocycles. The first-order valence-electron chi connectivity index (χ1n) is 5.66. The third-order valence-corrected chi connectivity index (χ3v) is 2.55. The largest absolute Gasteiger partial charge is 0.418 e. The van der Waals surface area contributed by atoms with Crippen molar-refractivity contribution in [2.24, 2.45) is 0 Å². The first-order valence-corrected chi connectivity index (χ1v) is 6.07. The molecule has 1 aromatic rings. The number of nitrogens with zero attached hydrogens (tertiary/aromatic N) is 1. The van der Waals surface area contributed by atoms with E-state index in [4.69, 9.17) is 12.2 Å². The van der Waals surface area contributed by atoms with Crippen LogP contribution in [0.2, 0.25) is 0 Å². The van der Waals surface area contributed by atoms with Gasteiger partial charge in [0.25, 0.3) is 5.69 Å². The number of halogens is 3. The normalized spacial score (nSPS) is 11.0. The van der Waals surface area contributed by atoms with Crippen LogP contribution in [0.4, 0.5) is 24.5 Å². The van der Waals surface area contributed by atoms with Crippen molar-refractivity contribution in [2.75, 3.05) is 11.9 Å². The standard InChI is InChI=1S/C11H12F3N3O2S/c1-2-5-15-10(20)16-9-4-3-7(17(18)19)6-8(9)11(12,13)14/h3-4,6H,2,5H2,1H3,(H2,15,16,20). The molecule has 2 N–H and O–H groups in total. The number of nitro groups is 1. The Morgan fingerprint density at radius 1 is 1.45 bits per heavy atom. The Hall–Kier alpha value is -1.90. The van der Waals surface area contributed by atoms with Crippen LogP contribution in [0.3, 0.4) is 0 Å². The molecule has 110 valence electrons. The number of benzene rings is 1. The van der Waals surface area contributed by atoms with Crippen LogP contribution in [0.25, 0.3) is 0 Å². The maximum Gasteiger partial charge on any atom is 0.418 e. The molecule has 0 atom stereocenters. The van der Waals surface area contributed by atoms with Crippen LogP contribution >= 0.6 is 12.2 Å². The average Bonchev–Trinajstić information content (AvgIpc) is 2.35. The van der Waals surface area contributed by atoms with Crippen LogP contribution in [0.1, 0.15) is 18.9 Å². The van der Waals surface area contributed by atoms with Gasteiger partial charge < -0.3 is 10.6 Å². The fraction of sp³-hybridized carbons (Fsp3) is 0.364. The maximum absolute atomic E-state index is 12.9. The summed E-state index contributed by atoms with van der Waals surface area (Å²) in [5, 5.41) is 15.7. The van der Waals surface area contributed by atoms with Crippen molar-refractivity contribution in [3.8, 4) is 0 Å². The van der Waals surface area contributed by atoms with Gasteiger partial charge in [-0.1, -0.05) is 6.92 Å². The highest BCUT2D eigenvalue weighted by molar-refractivity contribution is 7.80. The Morgan fingerprint density at radius 3 is 2.60 bits per heavy atom. The number of rotatable bonds is 4. The van der Waals surface area contributed by atoms with E-state index in [1.54, 1.807) is 0 Å². The molecule has 0 heterocycles. The molecule has 1 aromatic carbocycles. The van der Waals surface area contributed by atoms with Crippen molar-refractivity contribution >= 4 is 28.7 Å². The van der Waals surface area contributed by atoms with Crippen LogP contribution in [-0.2, 0) is 6.18 Å². The molecule has 5 nitrogen and oxygen atoms in total. The number of nitro benzene ring substituents is 1. The molecule has 9 heteroatoms. The number of anilines is 1. The van der Waals surface area contributed by atoms with E-state index < -0.39 is 22.4 Å². The minimum absolute atomic E-state index is 0.0335. The van der Waals surface area contributed by atoms with E-state index in [-0.39, 0.29) is 10.8 Å². The predicted octanol–water partition coefficient (Wildman–Crippen LogP) is 3.31. The summed E-state index contributed by atoms with van der Waals surface area (Å²) in [6, 6.07) is 2.45. The Kier molecular flexibility index (Phi) is 5.26. The smallest absolute Gasteiger partial charge is 0.362 e. The van der Waals surface area contributed by atoms with Gasteiger partial charge in [0.15, 0.2) is 5.11 Å². The zero-order valence-electron chi connectivity index (χ0n) is 10.5. The van der Waals surface area contributed by atoms with Crippen molar-refractivity contribution < 1.29 is 18.1 Å². The second-order valence-electron chi connectivity index (χ2n) is 3.87. The highest BCUT2D eigenvalue weighted by Crippen LogP contribution is 2.37. The summed E-state index contributed by atoms with van der Waals surface area (Å²) >= 11 is 4.84. The molecule has 0 radical (unpaired) electrons. The first kappa shape index (κ1) is 16.2. The van der Waals surface area contributed by atoms with Gasteiger partial charge in [0.2, 0.25) is 0 Å². The number of hydrogen-bond acceptors (Lipinski definition) is 3. The second kappa shape index (κ2) is 6.51. The molecule has 20 heavy (non-hydrogen) atoms. The molecule has 0 saturated carbocycles. The van der Waals surface area contributed by atoms with E-state index in [2.05, 4.69) is 10.6 Å². The number of hydrogen-bond donors (Lipinski definition) is 2. The minimum atomic E-state index is -4.71. The van der Waals surface area contributed by atoms with Crippen LogP contribution in [0, 0.1) is 10.1 Å². The first-order chi connectivity index (χ1) is 9.25. The van der Waals surface area contributed by atoms with E-state index in [9.17, 15) is 23.3 Å². The summed E-state index contributed by atoms with van der Waals surface area (Å²) in [5.74, 6) is 0. The van der Waals surface area contributed by atoms with Crippen molar-refractivity contribution in [1.82, 2.24) is 5.32 Å². The molecule has 0 aliphatic rings. The lowest BCUT2D eigenvalue weighted by molar-refractivity contribution is -0.385. The van der Waals surface area contributed by atoms with E-state index in [1.807, 2.05) is 6.92 Å².